The number of carbonyl (C=O) groups excluding carboxylic acids is 1. The molecular formula is C25H30N2O3. The Morgan fingerprint density at radius 1 is 1.20 bits per heavy atom. The molecule has 1 unspecified atom stereocenters. The summed E-state index contributed by atoms with van der Waals surface area (Å²) in [6.07, 6.45) is 0.447. The van der Waals surface area contributed by atoms with Crippen LogP contribution in [-0.2, 0) is 19.5 Å². The molecule has 0 spiro atoms. The van der Waals surface area contributed by atoms with Gasteiger partial charge in [0.15, 0.2) is 5.78 Å². The number of fused-ring (bicyclic) bond motifs is 2. The average Bonchev–Trinajstić information content (AvgIpc) is 3.02. The number of ketones is 1. The van der Waals surface area contributed by atoms with Gasteiger partial charge < -0.3 is 14.4 Å². The van der Waals surface area contributed by atoms with E-state index in [4.69, 9.17) is 4.74 Å². The fourth-order valence-corrected chi connectivity index (χ4v) is 4.66. The Morgan fingerprint density at radius 2 is 1.97 bits per heavy atom. The van der Waals surface area contributed by atoms with Gasteiger partial charge in [-0.05, 0) is 56.5 Å². The van der Waals surface area contributed by atoms with E-state index in [-0.39, 0.29) is 12.4 Å². The first-order valence-corrected chi connectivity index (χ1v) is 10.7. The zero-order valence-corrected chi connectivity index (χ0v) is 18.0. The Bertz CT molecular complexity index is 1070. The van der Waals surface area contributed by atoms with Crippen molar-refractivity contribution >= 4 is 16.7 Å². The molecule has 30 heavy (non-hydrogen) atoms. The molecule has 1 aliphatic heterocycles. The molecule has 1 N–H and O–H groups in total. The minimum Gasteiger partial charge on any atom is -0.491 e. The molecule has 1 aliphatic rings. The van der Waals surface area contributed by atoms with Crippen molar-refractivity contribution in [1.29, 1.82) is 0 Å². The second-order valence-electron chi connectivity index (χ2n) is 8.16. The molecule has 0 amide bonds. The van der Waals surface area contributed by atoms with Gasteiger partial charge in [0.25, 0.3) is 0 Å². The number of aliphatic hydroxyl groups excluding tert-OH is 1. The van der Waals surface area contributed by atoms with E-state index in [2.05, 4.69) is 40.7 Å². The Morgan fingerprint density at radius 3 is 2.70 bits per heavy atom. The quantitative estimate of drug-likeness (QED) is 0.603. The third kappa shape index (κ3) is 4.00. The highest BCUT2D eigenvalue weighted by atomic mass is 16.5. The fraction of sp³-hybridized carbons (Fsp3) is 0.400. The maximum absolute atomic E-state index is 12.2. The van der Waals surface area contributed by atoms with E-state index >= 15 is 0 Å². The molecule has 5 nitrogen and oxygen atoms in total. The van der Waals surface area contributed by atoms with Crippen LogP contribution < -0.4 is 4.74 Å². The number of nitrogens with zero attached hydrogens (tertiary/aromatic N) is 2. The summed E-state index contributed by atoms with van der Waals surface area (Å²) in [6.45, 7) is 9.12. The number of carbonyl (C=O) groups is 1. The Hall–Kier alpha value is -2.63. The number of rotatable bonds is 7. The maximum Gasteiger partial charge on any atom is 0.162 e. The van der Waals surface area contributed by atoms with E-state index < -0.39 is 6.10 Å². The second kappa shape index (κ2) is 8.62. The van der Waals surface area contributed by atoms with Crippen LogP contribution in [0, 0.1) is 6.92 Å². The molecule has 1 aromatic heterocycles. The van der Waals surface area contributed by atoms with Crippen molar-refractivity contribution in [2.45, 2.75) is 46.4 Å². The molecule has 3 aromatic rings. The number of ether oxygens (including phenoxy) is 1. The first-order valence-electron chi connectivity index (χ1n) is 10.7. The molecule has 2 aromatic carbocycles. The van der Waals surface area contributed by atoms with Crippen molar-refractivity contribution in [3.63, 3.8) is 0 Å². The fourth-order valence-electron chi connectivity index (χ4n) is 4.66. The highest BCUT2D eigenvalue weighted by Crippen LogP contribution is 2.30. The maximum atomic E-state index is 12.2. The van der Waals surface area contributed by atoms with Crippen molar-refractivity contribution in [3.05, 3.63) is 64.8 Å². The molecule has 0 saturated carbocycles. The molecule has 0 bridgehead atoms. The second-order valence-corrected chi connectivity index (χ2v) is 8.16. The summed E-state index contributed by atoms with van der Waals surface area (Å²) >= 11 is 0. The number of β-amino-alcohol motifs (C(OH)–C–C–N with tert-alkyl or cyclic N) is 1. The van der Waals surface area contributed by atoms with Crippen LogP contribution >= 0.6 is 0 Å². The number of hydrogen-bond acceptors (Lipinski definition) is 4. The lowest BCUT2D eigenvalue weighted by atomic mass is 10.00. The van der Waals surface area contributed by atoms with E-state index in [1.54, 1.807) is 6.92 Å². The van der Waals surface area contributed by atoms with Crippen molar-refractivity contribution < 1.29 is 14.6 Å². The van der Waals surface area contributed by atoms with Crippen LogP contribution in [0.15, 0.2) is 42.5 Å². The first-order chi connectivity index (χ1) is 14.5. The lowest BCUT2D eigenvalue weighted by molar-refractivity contribution is 0.0638. The third-order valence-corrected chi connectivity index (χ3v) is 6.08. The van der Waals surface area contributed by atoms with Gasteiger partial charge in [0.2, 0.25) is 0 Å². The predicted molar refractivity (Wildman–Crippen MR) is 119 cm³/mol. The van der Waals surface area contributed by atoms with E-state index in [9.17, 15) is 9.90 Å². The molecule has 1 atom stereocenters. The van der Waals surface area contributed by atoms with Crippen LogP contribution in [0.1, 0.15) is 41.0 Å². The standard InChI is InChI=1S/C25H30N2O3/c1-4-27-17(2)25(18(3)28)23-13-22(9-10-24(23)27)30-16-21(29)15-26-12-11-19-7-5-6-8-20(19)14-26/h5-10,13,21,29H,4,11-12,14-16H2,1-3H3. The van der Waals surface area contributed by atoms with E-state index in [0.717, 1.165) is 48.2 Å². The van der Waals surface area contributed by atoms with E-state index in [0.29, 0.717) is 12.3 Å². The molecule has 158 valence electrons. The van der Waals surface area contributed by atoms with Crippen molar-refractivity contribution in [2.24, 2.45) is 0 Å². The lowest BCUT2D eigenvalue weighted by Gasteiger charge is -2.30. The Kier molecular flexibility index (Phi) is 5.93. The number of benzene rings is 2. The van der Waals surface area contributed by atoms with Crippen LogP contribution in [0.25, 0.3) is 10.9 Å². The monoisotopic (exact) mass is 406 g/mol. The van der Waals surface area contributed by atoms with Gasteiger partial charge in [-0.2, -0.15) is 0 Å². The average molecular weight is 407 g/mol. The van der Waals surface area contributed by atoms with Gasteiger partial charge in [0.1, 0.15) is 18.5 Å². The normalized spacial score (nSPS) is 15.2. The Labute approximate surface area is 177 Å². The van der Waals surface area contributed by atoms with Gasteiger partial charge in [-0.15, -0.1) is 0 Å². The summed E-state index contributed by atoms with van der Waals surface area (Å²) in [5, 5.41) is 11.4. The number of hydrogen-bond donors (Lipinski definition) is 1. The molecule has 0 radical (unpaired) electrons. The van der Waals surface area contributed by atoms with E-state index in [1.165, 1.54) is 11.1 Å². The molecule has 5 heteroatoms. The van der Waals surface area contributed by atoms with Crippen LogP contribution in [0.3, 0.4) is 0 Å². The van der Waals surface area contributed by atoms with E-state index in [1.807, 2.05) is 25.1 Å². The lowest BCUT2D eigenvalue weighted by Crippen LogP contribution is -2.38. The van der Waals surface area contributed by atoms with Crippen LogP contribution in [0.2, 0.25) is 0 Å². The van der Waals surface area contributed by atoms with Crippen LogP contribution in [-0.4, -0.2) is 46.2 Å². The number of Topliss-reactive ketones (excluding diaryl/α,β-unsaturated/α-hetero) is 1. The van der Waals surface area contributed by atoms with Crippen molar-refractivity contribution in [2.75, 3.05) is 19.7 Å². The first kappa shape index (κ1) is 20.6. The zero-order chi connectivity index (χ0) is 21.3. The number of aromatic nitrogens is 1. The zero-order valence-electron chi connectivity index (χ0n) is 18.0. The SMILES string of the molecule is CCn1c(C)c(C(C)=O)c2cc(OCC(O)CN3CCc4ccccc4C3)ccc21. The molecule has 2 heterocycles. The number of aliphatic hydroxyl groups is 1. The summed E-state index contributed by atoms with van der Waals surface area (Å²) in [7, 11) is 0. The van der Waals surface area contributed by atoms with Crippen LogP contribution in [0.4, 0.5) is 0 Å². The minimum absolute atomic E-state index is 0.0623. The summed E-state index contributed by atoms with van der Waals surface area (Å²) in [5.41, 5.74) is 5.53. The minimum atomic E-state index is -0.569. The highest BCUT2D eigenvalue weighted by molar-refractivity contribution is 6.08. The van der Waals surface area contributed by atoms with Gasteiger partial charge in [-0.3, -0.25) is 9.69 Å². The topological polar surface area (TPSA) is 54.7 Å². The van der Waals surface area contributed by atoms with Gasteiger partial charge in [-0.1, -0.05) is 24.3 Å². The largest absolute Gasteiger partial charge is 0.491 e. The molecule has 0 aliphatic carbocycles. The van der Waals surface area contributed by atoms with Crippen molar-refractivity contribution in [3.8, 4) is 5.75 Å². The number of aryl methyl sites for hydroxylation is 1. The Balaban J connectivity index is 1.42. The molecular weight excluding hydrogens is 376 g/mol. The van der Waals surface area contributed by atoms with Crippen LogP contribution in [0.5, 0.6) is 5.75 Å². The molecule has 0 saturated heterocycles. The smallest absolute Gasteiger partial charge is 0.162 e. The summed E-state index contributed by atoms with van der Waals surface area (Å²) < 4.78 is 8.06. The molecule has 4 rings (SSSR count). The summed E-state index contributed by atoms with van der Waals surface area (Å²) in [5.74, 6) is 0.744. The van der Waals surface area contributed by atoms with Gasteiger partial charge >= 0.3 is 0 Å². The van der Waals surface area contributed by atoms with Gasteiger partial charge in [0, 0.05) is 48.3 Å². The van der Waals surface area contributed by atoms with Crippen molar-refractivity contribution in [1.82, 2.24) is 9.47 Å². The van der Waals surface area contributed by atoms with Gasteiger partial charge in [0.05, 0.1) is 0 Å². The predicted octanol–water partition coefficient (Wildman–Crippen LogP) is 3.97. The molecule has 0 fully saturated rings. The van der Waals surface area contributed by atoms with Gasteiger partial charge in [-0.25, -0.2) is 0 Å². The summed E-state index contributed by atoms with van der Waals surface area (Å²) in [6, 6.07) is 14.3. The third-order valence-electron chi connectivity index (χ3n) is 6.08. The summed E-state index contributed by atoms with van der Waals surface area (Å²) in [4.78, 5) is 14.5. The highest BCUT2D eigenvalue weighted by Gasteiger charge is 2.20.